The van der Waals surface area contributed by atoms with Crippen LogP contribution in [0.4, 0.5) is 0 Å². The Morgan fingerprint density at radius 3 is 2.45 bits per heavy atom. The molecular weight excluding hydrogens is 252 g/mol. The lowest BCUT2D eigenvalue weighted by Gasteiger charge is -2.06. The number of carbonyl (C=O) groups is 1. The monoisotopic (exact) mass is 264 g/mol. The molecule has 0 amide bonds. The topological polar surface area (TPSA) is 55.1 Å². The van der Waals surface area contributed by atoms with Gasteiger partial charge in [0.2, 0.25) is 0 Å². The number of hydrogen-bond acceptors (Lipinski definition) is 2. The van der Waals surface area contributed by atoms with Gasteiger partial charge in [-0.05, 0) is 23.3 Å². The van der Waals surface area contributed by atoms with Crippen molar-refractivity contribution >= 4 is 5.97 Å². The molecule has 0 fully saturated rings. The first-order chi connectivity index (χ1) is 9.74. The molecule has 4 heteroatoms. The molecule has 0 aliphatic carbocycles. The third-order valence-electron chi connectivity index (χ3n) is 3.05. The van der Waals surface area contributed by atoms with E-state index in [0.717, 1.165) is 16.8 Å². The molecule has 98 valence electrons. The van der Waals surface area contributed by atoms with Crippen molar-refractivity contribution < 1.29 is 9.90 Å². The van der Waals surface area contributed by atoms with Gasteiger partial charge >= 0.3 is 5.97 Å². The van der Waals surface area contributed by atoms with Crippen LogP contribution in [-0.2, 0) is 0 Å². The van der Waals surface area contributed by atoms with E-state index >= 15 is 0 Å². The van der Waals surface area contributed by atoms with Crippen molar-refractivity contribution in [1.29, 1.82) is 0 Å². The molecule has 4 nitrogen and oxygen atoms in total. The van der Waals surface area contributed by atoms with Gasteiger partial charge in [-0.15, -0.1) is 0 Å². The molecule has 3 rings (SSSR count). The molecule has 0 saturated carbocycles. The van der Waals surface area contributed by atoms with Crippen molar-refractivity contribution in [3.8, 4) is 16.8 Å². The van der Waals surface area contributed by atoms with Gasteiger partial charge in [0.05, 0.1) is 0 Å². The van der Waals surface area contributed by atoms with Gasteiger partial charge in [0.25, 0.3) is 0 Å². The van der Waals surface area contributed by atoms with E-state index in [-0.39, 0.29) is 5.69 Å². The summed E-state index contributed by atoms with van der Waals surface area (Å²) in [7, 11) is 0. The minimum atomic E-state index is -1.03. The number of carboxylic acids is 1. The number of aromatic nitrogens is 2. The summed E-state index contributed by atoms with van der Waals surface area (Å²) in [5.41, 5.74) is 3.11. The molecule has 1 heterocycles. The lowest BCUT2D eigenvalue weighted by molar-refractivity contribution is 0.0691. The Hall–Kier alpha value is -2.88. The van der Waals surface area contributed by atoms with E-state index in [1.807, 2.05) is 54.6 Å². The van der Waals surface area contributed by atoms with Crippen molar-refractivity contribution in [3.05, 3.63) is 72.8 Å². The maximum absolute atomic E-state index is 10.9. The predicted molar refractivity (Wildman–Crippen MR) is 76.0 cm³/mol. The smallest absolute Gasteiger partial charge is 0.356 e. The zero-order valence-corrected chi connectivity index (χ0v) is 10.6. The fourth-order valence-corrected chi connectivity index (χ4v) is 2.05. The number of aromatic carboxylic acids is 1. The van der Waals surface area contributed by atoms with Gasteiger partial charge < -0.3 is 9.67 Å². The van der Waals surface area contributed by atoms with Crippen LogP contribution in [0.15, 0.2) is 67.1 Å². The van der Waals surface area contributed by atoms with Crippen molar-refractivity contribution in [2.24, 2.45) is 0 Å². The lowest BCUT2D eigenvalue weighted by Crippen LogP contribution is -1.96. The summed E-state index contributed by atoms with van der Waals surface area (Å²) in [6.45, 7) is 0. The molecule has 20 heavy (non-hydrogen) atoms. The average molecular weight is 264 g/mol. The van der Waals surface area contributed by atoms with Gasteiger partial charge in [-0.25, -0.2) is 9.78 Å². The fourth-order valence-electron chi connectivity index (χ4n) is 2.05. The summed E-state index contributed by atoms with van der Waals surface area (Å²) in [6, 6.07) is 17.9. The fraction of sp³-hybridized carbons (Fsp3) is 0. The minimum Gasteiger partial charge on any atom is -0.476 e. The quantitative estimate of drug-likeness (QED) is 0.790. The van der Waals surface area contributed by atoms with E-state index in [1.165, 1.54) is 12.5 Å². The standard InChI is InChI=1S/C16H12N2O2/c19-16(20)15-10-18(11-17-15)14-8-4-7-13(9-14)12-5-2-1-3-6-12/h1-11H,(H,19,20). The van der Waals surface area contributed by atoms with Gasteiger partial charge in [0.15, 0.2) is 5.69 Å². The zero-order chi connectivity index (χ0) is 13.9. The molecule has 1 aromatic heterocycles. The molecule has 0 unspecified atom stereocenters. The molecule has 3 aromatic rings. The van der Waals surface area contributed by atoms with Gasteiger partial charge in [0, 0.05) is 11.9 Å². The first kappa shape index (κ1) is 12.2. The van der Waals surface area contributed by atoms with Gasteiger partial charge in [-0.3, -0.25) is 0 Å². The van der Waals surface area contributed by atoms with E-state index < -0.39 is 5.97 Å². The van der Waals surface area contributed by atoms with Gasteiger partial charge in [-0.1, -0.05) is 42.5 Å². The third kappa shape index (κ3) is 2.31. The van der Waals surface area contributed by atoms with Crippen LogP contribution in [0, 0.1) is 0 Å². The van der Waals surface area contributed by atoms with Crippen LogP contribution < -0.4 is 0 Å². The normalized spacial score (nSPS) is 10.4. The van der Waals surface area contributed by atoms with Crippen LogP contribution in [0.25, 0.3) is 16.8 Å². The van der Waals surface area contributed by atoms with Crippen LogP contribution in [0.1, 0.15) is 10.5 Å². The molecule has 0 bridgehead atoms. The van der Waals surface area contributed by atoms with Crippen molar-refractivity contribution in [3.63, 3.8) is 0 Å². The van der Waals surface area contributed by atoms with Crippen molar-refractivity contribution in [1.82, 2.24) is 9.55 Å². The highest BCUT2D eigenvalue weighted by molar-refractivity contribution is 5.85. The Kier molecular flexibility index (Phi) is 3.05. The van der Waals surface area contributed by atoms with E-state index in [2.05, 4.69) is 4.98 Å². The van der Waals surface area contributed by atoms with Crippen molar-refractivity contribution in [2.45, 2.75) is 0 Å². The highest BCUT2D eigenvalue weighted by Gasteiger charge is 2.07. The highest BCUT2D eigenvalue weighted by atomic mass is 16.4. The minimum absolute atomic E-state index is 0.0371. The SMILES string of the molecule is O=C(O)c1cn(-c2cccc(-c3ccccc3)c2)cn1. The third-order valence-corrected chi connectivity index (χ3v) is 3.05. The van der Waals surface area contributed by atoms with Crippen LogP contribution in [0.5, 0.6) is 0 Å². The Morgan fingerprint density at radius 1 is 1.00 bits per heavy atom. The van der Waals surface area contributed by atoms with E-state index in [0.29, 0.717) is 0 Å². The first-order valence-corrected chi connectivity index (χ1v) is 6.17. The maximum Gasteiger partial charge on any atom is 0.356 e. The van der Waals surface area contributed by atoms with E-state index in [1.54, 1.807) is 4.57 Å². The Labute approximate surface area is 116 Å². The molecular formula is C16H12N2O2. The second-order valence-electron chi connectivity index (χ2n) is 4.39. The molecule has 1 N–H and O–H groups in total. The second kappa shape index (κ2) is 5.01. The molecule has 0 saturated heterocycles. The van der Waals surface area contributed by atoms with E-state index in [9.17, 15) is 4.79 Å². The zero-order valence-electron chi connectivity index (χ0n) is 10.6. The van der Waals surface area contributed by atoms with Crippen molar-refractivity contribution in [2.75, 3.05) is 0 Å². The van der Waals surface area contributed by atoms with E-state index in [4.69, 9.17) is 5.11 Å². The number of benzene rings is 2. The van der Waals surface area contributed by atoms with Gasteiger partial charge in [0.1, 0.15) is 6.33 Å². The summed E-state index contributed by atoms with van der Waals surface area (Å²) in [5.74, 6) is -1.03. The Morgan fingerprint density at radius 2 is 1.75 bits per heavy atom. The number of rotatable bonds is 3. The highest BCUT2D eigenvalue weighted by Crippen LogP contribution is 2.21. The second-order valence-corrected chi connectivity index (χ2v) is 4.39. The number of hydrogen-bond donors (Lipinski definition) is 1. The summed E-state index contributed by atoms with van der Waals surface area (Å²) in [4.78, 5) is 14.7. The molecule has 2 aromatic carbocycles. The average Bonchev–Trinajstić information content (AvgIpc) is 2.98. The number of carboxylic acid groups (broad SMARTS) is 1. The Balaban J connectivity index is 2.01. The summed E-state index contributed by atoms with van der Waals surface area (Å²) >= 11 is 0. The number of imidazole rings is 1. The molecule has 0 radical (unpaired) electrons. The lowest BCUT2D eigenvalue weighted by atomic mass is 10.1. The predicted octanol–water partition coefficient (Wildman–Crippen LogP) is 3.24. The summed E-state index contributed by atoms with van der Waals surface area (Å²) < 4.78 is 1.70. The van der Waals surface area contributed by atoms with Crippen LogP contribution in [0.3, 0.4) is 0 Å². The summed E-state index contributed by atoms with van der Waals surface area (Å²) in [6.07, 6.45) is 3.01. The molecule has 0 atom stereocenters. The first-order valence-electron chi connectivity index (χ1n) is 6.17. The molecule has 0 spiro atoms. The largest absolute Gasteiger partial charge is 0.476 e. The Bertz CT molecular complexity index is 748. The molecule has 0 aliphatic rings. The molecule has 0 aliphatic heterocycles. The number of nitrogens with zero attached hydrogens (tertiary/aromatic N) is 2. The maximum atomic E-state index is 10.9. The van der Waals surface area contributed by atoms with Crippen LogP contribution in [0.2, 0.25) is 0 Å². The van der Waals surface area contributed by atoms with Gasteiger partial charge in [-0.2, -0.15) is 0 Å². The summed E-state index contributed by atoms with van der Waals surface area (Å²) in [5, 5.41) is 8.90. The van der Waals surface area contributed by atoms with Crippen LogP contribution >= 0.6 is 0 Å². The van der Waals surface area contributed by atoms with Crippen LogP contribution in [-0.4, -0.2) is 20.6 Å².